The number of fused-ring (bicyclic) bond motifs is 1. The molecule has 0 radical (unpaired) electrons. The predicted molar refractivity (Wildman–Crippen MR) is 78.1 cm³/mol. The molecule has 6 heteroatoms. The van der Waals surface area contributed by atoms with Crippen LogP contribution < -0.4 is 5.32 Å². The Morgan fingerprint density at radius 3 is 2.86 bits per heavy atom. The topological polar surface area (TPSA) is 84.3 Å². The molecule has 0 unspecified atom stereocenters. The van der Waals surface area contributed by atoms with Crippen LogP contribution in [0.3, 0.4) is 0 Å². The van der Waals surface area contributed by atoms with Crippen molar-refractivity contribution in [2.45, 2.75) is 12.8 Å². The Bertz CT molecular complexity index is 648. The SMILES string of the molecule is O=C(O)C1(CNc2nncc3ccccc23)CCOCC1. The Balaban J connectivity index is 1.83. The van der Waals surface area contributed by atoms with Crippen LogP contribution in [0.25, 0.3) is 10.8 Å². The third-order valence-corrected chi connectivity index (χ3v) is 4.07. The molecule has 2 aromatic rings. The number of benzene rings is 1. The zero-order valence-corrected chi connectivity index (χ0v) is 11.6. The number of hydrogen-bond acceptors (Lipinski definition) is 5. The first kappa shape index (κ1) is 13.8. The van der Waals surface area contributed by atoms with Crippen molar-refractivity contribution in [2.75, 3.05) is 25.1 Å². The Labute approximate surface area is 122 Å². The zero-order valence-electron chi connectivity index (χ0n) is 11.6. The fraction of sp³-hybridized carbons (Fsp3) is 0.400. The third kappa shape index (κ3) is 2.67. The molecule has 0 amide bonds. The second-order valence-electron chi connectivity index (χ2n) is 5.33. The van der Waals surface area contributed by atoms with E-state index in [1.165, 1.54) is 0 Å². The van der Waals surface area contributed by atoms with Crippen LogP contribution in [0.2, 0.25) is 0 Å². The smallest absolute Gasteiger partial charge is 0.311 e. The lowest BCUT2D eigenvalue weighted by atomic mass is 9.80. The zero-order chi connectivity index (χ0) is 14.7. The number of carbonyl (C=O) groups is 1. The Morgan fingerprint density at radius 1 is 1.33 bits per heavy atom. The summed E-state index contributed by atoms with van der Waals surface area (Å²) in [5.41, 5.74) is -0.795. The molecule has 110 valence electrons. The Kier molecular flexibility index (Phi) is 3.70. The monoisotopic (exact) mass is 287 g/mol. The number of rotatable bonds is 4. The first-order valence-electron chi connectivity index (χ1n) is 6.97. The molecular formula is C15H17N3O3. The summed E-state index contributed by atoms with van der Waals surface area (Å²) in [5, 5.41) is 22.7. The summed E-state index contributed by atoms with van der Waals surface area (Å²) in [4.78, 5) is 11.6. The van der Waals surface area contributed by atoms with E-state index in [0.29, 0.717) is 38.4 Å². The maximum Gasteiger partial charge on any atom is 0.311 e. The number of carboxylic acids is 1. The average molecular weight is 287 g/mol. The van der Waals surface area contributed by atoms with Crippen LogP contribution in [-0.4, -0.2) is 41.0 Å². The van der Waals surface area contributed by atoms with Crippen molar-refractivity contribution in [1.82, 2.24) is 10.2 Å². The number of aliphatic carboxylic acids is 1. The molecule has 1 aliphatic heterocycles. The summed E-state index contributed by atoms with van der Waals surface area (Å²) in [7, 11) is 0. The van der Waals surface area contributed by atoms with E-state index in [2.05, 4.69) is 15.5 Å². The quantitative estimate of drug-likeness (QED) is 0.893. The van der Waals surface area contributed by atoms with Gasteiger partial charge in [0.2, 0.25) is 0 Å². The van der Waals surface area contributed by atoms with Gasteiger partial charge >= 0.3 is 5.97 Å². The Hall–Kier alpha value is -2.21. The van der Waals surface area contributed by atoms with Gasteiger partial charge in [0.05, 0.1) is 11.6 Å². The number of carboxylic acid groups (broad SMARTS) is 1. The maximum atomic E-state index is 11.6. The molecule has 0 aliphatic carbocycles. The van der Waals surface area contributed by atoms with Gasteiger partial charge < -0.3 is 15.2 Å². The van der Waals surface area contributed by atoms with E-state index in [-0.39, 0.29) is 0 Å². The van der Waals surface area contributed by atoms with Crippen LogP contribution in [0.5, 0.6) is 0 Å². The van der Waals surface area contributed by atoms with Gasteiger partial charge in [-0.2, -0.15) is 5.10 Å². The van der Waals surface area contributed by atoms with Crippen molar-refractivity contribution in [3.8, 4) is 0 Å². The van der Waals surface area contributed by atoms with E-state index < -0.39 is 11.4 Å². The van der Waals surface area contributed by atoms with Crippen LogP contribution in [0, 0.1) is 5.41 Å². The van der Waals surface area contributed by atoms with E-state index in [9.17, 15) is 9.90 Å². The highest BCUT2D eigenvalue weighted by molar-refractivity contribution is 5.91. The first-order chi connectivity index (χ1) is 10.2. The van der Waals surface area contributed by atoms with Gasteiger partial charge in [0.1, 0.15) is 0 Å². The van der Waals surface area contributed by atoms with Crippen molar-refractivity contribution >= 4 is 22.6 Å². The molecule has 2 heterocycles. The molecular weight excluding hydrogens is 270 g/mol. The molecule has 1 aromatic heterocycles. The van der Waals surface area contributed by atoms with Crippen LogP contribution in [0.15, 0.2) is 30.5 Å². The summed E-state index contributed by atoms with van der Waals surface area (Å²) in [6.07, 6.45) is 2.71. The third-order valence-electron chi connectivity index (χ3n) is 4.07. The van der Waals surface area contributed by atoms with Gasteiger partial charge in [-0.15, -0.1) is 5.10 Å². The molecule has 6 nitrogen and oxygen atoms in total. The summed E-state index contributed by atoms with van der Waals surface area (Å²) in [5.74, 6) is -0.160. The van der Waals surface area contributed by atoms with Gasteiger partial charge in [-0.25, -0.2) is 0 Å². The number of ether oxygens (including phenoxy) is 1. The normalized spacial score (nSPS) is 17.5. The lowest BCUT2D eigenvalue weighted by molar-refractivity contribution is -0.153. The van der Waals surface area contributed by atoms with Gasteiger partial charge in [0.25, 0.3) is 0 Å². The highest BCUT2D eigenvalue weighted by atomic mass is 16.5. The summed E-state index contributed by atoms with van der Waals surface area (Å²) in [6.45, 7) is 1.29. The molecule has 2 N–H and O–H groups in total. The van der Waals surface area contributed by atoms with Crippen LogP contribution >= 0.6 is 0 Å². The molecule has 0 atom stereocenters. The second kappa shape index (κ2) is 5.65. The molecule has 1 saturated heterocycles. The van der Waals surface area contributed by atoms with Crippen molar-refractivity contribution in [2.24, 2.45) is 5.41 Å². The minimum atomic E-state index is -0.795. The van der Waals surface area contributed by atoms with Crippen LogP contribution in [0.1, 0.15) is 12.8 Å². The van der Waals surface area contributed by atoms with Gasteiger partial charge in [-0.3, -0.25) is 4.79 Å². The molecule has 21 heavy (non-hydrogen) atoms. The van der Waals surface area contributed by atoms with Crippen molar-refractivity contribution in [1.29, 1.82) is 0 Å². The van der Waals surface area contributed by atoms with Gasteiger partial charge in [0.15, 0.2) is 5.82 Å². The summed E-state index contributed by atoms with van der Waals surface area (Å²) < 4.78 is 5.28. The molecule has 0 bridgehead atoms. The maximum absolute atomic E-state index is 11.6. The largest absolute Gasteiger partial charge is 0.481 e. The van der Waals surface area contributed by atoms with Crippen molar-refractivity contribution < 1.29 is 14.6 Å². The summed E-state index contributed by atoms with van der Waals surface area (Å²) >= 11 is 0. The molecule has 1 aliphatic rings. The predicted octanol–water partition coefficient (Wildman–Crippen LogP) is 1.92. The standard InChI is InChI=1S/C15H17N3O3/c19-14(20)15(5-7-21-8-6-15)10-16-13-12-4-2-1-3-11(12)9-17-18-13/h1-4,9H,5-8,10H2,(H,16,18)(H,19,20). The fourth-order valence-corrected chi connectivity index (χ4v) is 2.64. The lowest BCUT2D eigenvalue weighted by Gasteiger charge is -2.33. The van der Waals surface area contributed by atoms with E-state index in [1.54, 1.807) is 6.20 Å². The molecule has 1 fully saturated rings. The van der Waals surface area contributed by atoms with E-state index in [4.69, 9.17) is 4.74 Å². The Morgan fingerprint density at radius 2 is 2.10 bits per heavy atom. The minimum absolute atomic E-state index is 0.328. The van der Waals surface area contributed by atoms with Gasteiger partial charge in [0, 0.05) is 30.5 Å². The van der Waals surface area contributed by atoms with Crippen molar-refractivity contribution in [3.05, 3.63) is 30.5 Å². The van der Waals surface area contributed by atoms with E-state index in [1.807, 2.05) is 24.3 Å². The number of aromatic nitrogens is 2. The minimum Gasteiger partial charge on any atom is -0.481 e. The number of hydrogen-bond donors (Lipinski definition) is 2. The van der Waals surface area contributed by atoms with Crippen LogP contribution in [-0.2, 0) is 9.53 Å². The first-order valence-corrected chi connectivity index (χ1v) is 6.97. The van der Waals surface area contributed by atoms with Gasteiger partial charge in [-0.1, -0.05) is 24.3 Å². The molecule has 0 spiro atoms. The van der Waals surface area contributed by atoms with E-state index >= 15 is 0 Å². The molecule has 0 saturated carbocycles. The number of anilines is 1. The van der Waals surface area contributed by atoms with Crippen LogP contribution in [0.4, 0.5) is 5.82 Å². The highest BCUT2D eigenvalue weighted by Crippen LogP contribution is 2.31. The van der Waals surface area contributed by atoms with E-state index in [0.717, 1.165) is 10.8 Å². The van der Waals surface area contributed by atoms with Gasteiger partial charge in [-0.05, 0) is 12.8 Å². The van der Waals surface area contributed by atoms with Crippen molar-refractivity contribution in [3.63, 3.8) is 0 Å². The lowest BCUT2D eigenvalue weighted by Crippen LogP contribution is -2.42. The highest BCUT2D eigenvalue weighted by Gasteiger charge is 2.40. The second-order valence-corrected chi connectivity index (χ2v) is 5.33. The molecule has 1 aromatic carbocycles. The number of nitrogens with one attached hydrogen (secondary N) is 1. The average Bonchev–Trinajstić information content (AvgIpc) is 2.53. The fourth-order valence-electron chi connectivity index (χ4n) is 2.64. The molecule has 3 rings (SSSR count). The number of nitrogens with zero attached hydrogens (tertiary/aromatic N) is 2. The summed E-state index contributed by atoms with van der Waals surface area (Å²) in [6, 6.07) is 7.77.